The molecule has 0 aliphatic heterocycles. The number of halogens is 1. The van der Waals surface area contributed by atoms with Crippen LogP contribution in [0.5, 0.6) is 5.75 Å². The lowest BCUT2D eigenvalue weighted by atomic mass is 10.3. The van der Waals surface area contributed by atoms with E-state index in [0.717, 1.165) is 10.6 Å². The zero-order chi connectivity index (χ0) is 18.2. The second-order valence-corrected chi connectivity index (χ2v) is 6.53. The van der Waals surface area contributed by atoms with Crippen LogP contribution in [-0.4, -0.2) is 43.2 Å². The number of rotatable bonds is 7. The molecule has 2 aromatic carbocycles. The predicted octanol–water partition coefficient (Wildman–Crippen LogP) is 3.54. The van der Waals surface area contributed by atoms with Crippen molar-refractivity contribution in [2.75, 3.05) is 31.8 Å². The van der Waals surface area contributed by atoms with Crippen LogP contribution in [0.4, 0.5) is 5.69 Å². The van der Waals surface area contributed by atoms with Crippen LogP contribution in [-0.2, 0) is 9.59 Å². The van der Waals surface area contributed by atoms with Crippen LogP contribution >= 0.6 is 23.4 Å². The minimum atomic E-state index is -0.298. The Morgan fingerprint density at radius 2 is 1.96 bits per heavy atom. The number of carbonyl (C=O) groups is 2. The second kappa shape index (κ2) is 9.34. The Bertz CT molecular complexity index is 755. The van der Waals surface area contributed by atoms with Crippen molar-refractivity contribution < 1.29 is 14.3 Å². The molecule has 0 unspecified atom stereocenters. The van der Waals surface area contributed by atoms with E-state index in [1.54, 1.807) is 43.1 Å². The van der Waals surface area contributed by atoms with Gasteiger partial charge in [0, 0.05) is 17.0 Å². The Kier molecular flexibility index (Phi) is 7.16. The Morgan fingerprint density at radius 3 is 2.68 bits per heavy atom. The van der Waals surface area contributed by atoms with Gasteiger partial charge in [0.25, 0.3) is 5.91 Å². The van der Waals surface area contributed by atoms with Crippen LogP contribution in [0, 0.1) is 0 Å². The van der Waals surface area contributed by atoms with E-state index < -0.39 is 0 Å². The third-order valence-corrected chi connectivity index (χ3v) is 4.38. The number of ether oxygens (including phenoxy) is 1. The highest BCUT2D eigenvalue weighted by Gasteiger charge is 2.14. The third-order valence-electron chi connectivity index (χ3n) is 3.35. The summed E-state index contributed by atoms with van der Waals surface area (Å²) in [6, 6.07) is 14.3. The van der Waals surface area contributed by atoms with Gasteiger partial charge in [0.15, 0.2) is 6.61 Å². The summed E-state index contributed by atoms with van der Waals surface area (Å²) in [6.07, 6.45) is 1.94. The van der Waals surface area contributed by atoms with Crippen LogP contribution < -0.4 is 10.1 Å². The van der Waals surface area contributed by atoms with E-state index in [0.29, 0.717) is 10.8 Å². The van der Waals surface area contributed by atoms with Gasteiger partial charge in [-0.3, -0.25) is 9.59 Å². The van der Waals surface area contributed by atoms with Gasteiger partial charge in [0.05, 0.1) is 12.2 Å². The number of amides is 2. The van der Waals surface area contributed by atoms with E-state index in [9.17, 15) is 9.59 Å². The molecule has 0 radical (unpaired) electrons. The number of hydrogen-bond donors (Lipinski definition) is 1. The van der Waals surface area contributed by atoms with Gasteiger partial charge >= 0.3 is 0 Å². The number of thioether (sulfide) groups is 1. The van der Waals surface area contributed by atoms with Crippen molar-refractivity contribution in [3.05, 3.63) is 53.6 Å². The van der Waals surface area contributed by atoms with Crippen LogP contribution in [0.15, 0.2) is 53.4 Å². The first-order valence-electron chi connectivity index (χ1n) is 7.55. The minimum Gasteiger partial charge on any atom is -0.484 e. The molecule has 0 fully saturated rings. The lowest BCUT2D eigenvalue weighted by Gasteiger charge is -2.17. The average Bonchev–Trinajstić information content (AvgIpc) is 2.60. The summed E-state index contributed by atoms with van der Waals surface area (Å²) in [5.41, 5.74) is 0.732. The number of anilines is 1. The molecule has 0 atom stereocenters. The standard InChI is InChI=1S/C18H19ClN2O3S/c1-21(18(23)12-24-14-7-5-6-13(19)10-14)11-17(22)20-15-8-3-4-9-16(15)25-2/h3-10H,11-12H2,1-2H3,(H,20,22). The molecule has 0 saturated carbocycles. The second-order valence-electron chi connectivity index (χ2n) is 5.24. The third kappa shape index (κ3) is 5.99. The fraction of sp³-hybridized carbons (Fsp3) is 0.222. The molecule has 5 nitrogen and oxygen atoms in total. The molecule has 0 spiro atoms. The Labute approximate surface area is 156 Å². The largest absolute Gasteiger partial charge is 0.484 e. The minimum absolute atomic E-state index is 0.0551. The molecule has 2 rings (SSSR count). The average molecular weight is 379 g/mol. The van der Waals surface area contributed by atoms with Gasteiger partial charge in [-0.15, -0.1) is 11.8 Å². The number of benzene rings is 2. The Morgan fingerprint density at radius 1 is 1.20 bits per heavy atom. The van der Waals surface area contributed by atoms with Crippen LogP contribution in [0.3, 0.4) is 0 Å². The molecule has 0 aliphatic carbocycles. The highest BCUT2D eigenvalue weighted by Crippen LogP contribution is 2.24. The maximum atomic E-state index is 12.1. The maximum Gasteiger partial charge on any atom is 0.260 e. The highest BCUT2D eigenvalue weighted by molar-refractivity contribution is 7.98. The molecule has 0 saturated heterocycles. The molecule has 2 amide bonds. The SMILES string of the molecule is CSc1ccccc1NC(=O)CN(C)C(=O)COc1cccc(Cl)c1. The number of para-hydroxylation sites is 1. The molecule has 0 bridgehead atoms. The van der Waals surface area contributed by atoms with Crippen molar-refractivity contribution in [1.29, 1.82) is 0 Å². The Hall–Kier alpha value is -2.18. The van der Waals surface area contributed by atoms with E-state index >= 15 is 0 Å². The van der Waals surface area contributed by atoms with E-state index in [-0.39, 0.29) is 25.0 Å². The number of hydrogen-bond acceptors (Lipinski definition) is 4. The molecule has 7 heteroatoms. The van der Waals surface area contributed by atoms with Gasteiger partial charge in [0.1, 0.15) is 5.75 Å². The summed E-state index contributed by atoms with van der Waals surface area (Å²) < 4.78 is 5.40. The fourth-order valence-corrected chi connectivity index (χ4v) is 2.79. The van der Waals surface area contributed by atoms with Gasteiger partial charge in [-0.1, -0.05) is 29.8 Å². The molecule has 25 heavy (non-hydrogen) atoms. The van der Waals surface area contributed by atoms with Gasteiger partial charge in [-0.25, -0.2) is 0 Å². The van der Waals surface area contributed by atoms with Crippen molar-refractivity contribution in [2.24, 2.45) is 0 Å². The first kappa shape index (κ1) is 19.1. The number of likely N-dealkylation sites (N-methyl/N-ethyl adjacent to an activating group) is 1. The Balaban J connectivity index is 1.84. The molecule has 1 N–H and O–H groups in total. The van der Waals surface area contributed by atoms with E-state index in [1.165, 1.54) is 4.90 Å². The lowest BCUT2D eigenvalue weighted by molar-refractivity contribution is -0.135. The van der Waals surface area contributed by atoms with Gasteiger partial charge in [0.2, 0.25) is 5.91 Å². The smallest absolute Gasteiger partial charge is 0.260 e. The topological polar surface area (TPSA) is 58.6 Å². The molecular formula is C18H19ClN2O3S. The fourth-order valence-electron chi connectivity index (χ4n) is 2.05. The molecular weight excluding hydrogens is 360 g/mol. The maximum absolute atomic E-state index is 12.1. The molecule has 0 aliphatic rings. The zero-order valence-electron chi connectivity index (χ0n) is 14.0. The van der Waals surface area contributed by atoms with Crippen molar-refractivity contribution in [3.8, 4) is 5.75 Å². The first-order chi connectivity index (χ1) is 12.0. The molecule has 0 heterocycles. The van der Waals surface area contributed by atoms with Gasteiger partial charge < -0.3 is 15.0 Å². The zero-order valence-corrected chi connectivity index (χ0v) is 15.6. The van der Waals surface area contributed by atoms with Crippen molar-refractivity contribution >= 4 is 40.9 Å². The van der Waals surface area contributed by atoms with Crippen molar-refractivity contribution in [2.45, 2.75) is 4.90 Å². The van der Waals surface area contributed by atoms with Gasteiger partial charge in [-0.05, 0) is 36.6 Å². The molecule has 132 valence electrons. The highest BCUT2D eigenvalue weighted by atomic mass is 35.5. The van der Waals surface area contributed by atoms with E-state index in [4.69, 9.17) is 16.3 Å². The summed E-state index contributed by atoms with van der Waals surface area (Å²) in [7, 11) is 1.56. The summed E-state index contributed by atoms with van der Waals surface area (Å²) in [6.45, 7) is -0.216. The number of nitrogens with zero attached hydrogens (tertiary/aromatic N) is 1. The van der Waals surface area contributed by atoms with Crippen molar-refractivity contribution in [3.63, 3.8) is 0 Å². The normalized spacial score (nSPS) is 10.2. The quantitative estimate of drug-likeness (QED) is 0.749. The van der Waals surface area contributed by atoms with E-state index in [2.05, 4.69) is 5.32 Å². The van der Waals surface area contributed by atoms with E-state index in [1.807, 2.05) is 30.5 Å². The number of carbonyl (C=O) groups excluding carboxylic acids is 2. The van der Waals surface area contributed by atoms with Crippen LogP contribution in [0.1, 0.15) is 0 Å². The summed E-state index contributed by atoms with van der Waals surface area (Å²) in [4.78, 5) is 26.5. The lowest BCUT2D eigenvalue weighted by Crippen LogP contribution is -2.37. The summed E-state index contributed by atoms with van der Waals surface area (Å²) in [5, 5.41) is 3.35. The van der Waals surface area contributed by atoms with Crippen LogP contribution in [0.2, 0.25) is 5.02 Å². The first-order valence-corrected chi connectivity index (χ1v) is 9.15. The monoisotopic (exact) mass is 378 g/mol. The molecule has 2 aromatic rings. The molecule has 0 aromatic heterocycles. The van der Waals surface area contributed by atoms with Crippen LogP contribution in [0.25, 0.3) is 0 Å². The predicted molar refractivity (Wildman–Crippen MR) is 101 cm³/mol. The van der Waals surface area contributed by atoms with Gasteiger partial charge in [-0.2, -0.15) is 0 Å². The summed E-state index contributed by atoms with van der Waals surface area (Å²) >= 11 is 7.41. The summed E-state index contributed by atoms with van der Waals surface area (Å²) in [5.74, 6) is -0.0546. The number of nitrogens with one attached hydrogen (secondary N) is 1. The van der Waals surface area contributed by atoms with Crippen molar-refractivity contribution in [1.82, 2.24) is 4.90 Å².